The highest BCUT2D eigenvalue weighted by molar-refractivity contribution is 5.97. The molecule has 3 aromatic rings. The molecule has 11 nitrogen and oxygen atoms in total. The van der Waals surface area contributed by atoms with Crippen LogP contribution in [0.5, 0.6) is 0 Å². The van der Waals surface area contributed by atoms with E-state index in [9.17, 15) is 19.7 Å². The van der Waals surface area contributed by atoms with E-state index in [0.717, 1.165) is 6.33 Å². The molecule has 152 valence electrons. The van der Waals surface area contributed by atoms with Crippen LogP contribution in [0.3, 0.4) is 0 Å². The fourth-order valence-corrected chi connectivity index (χ4v) is 2.58. The lowest BCUT2D eigenvalue weighted by atomic mass is 10.2. The van der Waals surface area contributed by atoms with Gasteiger partial charge in [0.25, 0.3) is 0 Å². The number of nitro groups is 1. The number of carbonyl (C=O) groups is 2. The summed E-state index contributed by atoms with van der Waals surface area (Å²) >= 11 is 0. The van der Waals surface area contributed by atoms with E-state index >= 15 is 0 Å². The highest BCUT2D eigenvalue weighted by Crippen LogP contribution is 2.33. The molecule has 0 fully saturated rings. The van der Waals surface area contributed by atoms with Gasteiger partial charge in [-0.3, -0.25) is 10.1 Å². The number of aromatic carboxylic acids is 1. The van der Waals surface area contributed by atoms with Crippen molar-refractivity contribution in [1.29, 1.82) is 0 Å². The number of aromatic nitrogens is 2. The summed E-state index contributed by atoms with van der Waals surface area (Å²) in [6.45, 7) is 0. The maximum Gasteiger partial charge on any atom is 0.353 e. The maximum atomic E-state index is 11.9. The minimum Gasteiger partial charge on any atom is -0.478 e. The smallest absolute Gasteiger partial charge is 0.353 e. The lowest BCUT2D eigenvalue weighted by molar-refractivity contribution is -0.383. The molecule has 30 heavy (non-hydrogen) atoms. The Bertz CT molecular complexity index is 1120. The van der Waals surface area contributed by atoms with E-state index in [2.05, 4.69) is 20.6 Å². The first-order chi connectivity index (χ1) is 14.4. The minimum atomic E-state index is -1.09. The Hall–Kier alpha value is -4.54. The zero-order valence-corrected chi connectivity index (χ0v) is 15.5. The number of anilines is 4. The number of ether oxygens (including phenoxy) is 1. The summed E-state index contributed by atoms with van der Waals surface area (Å²) in [5, 5.41) is 26.2. The molecule has 0 aliphatic rings. The van der Waals surface area contributed by atoms with E-state index in [4.69, 9.17) is 9.84 Å². The number of nitrogens with one attached hydrogen (secondary N) is 2. The Kier molecular flexibility index (Phi) is 5.82. The van der Waals surface area contributed by atoms with Gasteiger partial charge in [-0.1, -0.05) is 12.1 Å². The summed E-state index contributed by atoms with van der Waals surface area (Å²) in [4.78, 5) is 41.8. The number of esters is 1. The Labute approximate surface area is 169 Å². The summed E-state index contributed by atoms with van der Waals surface area (Å²) in [6, 6.07) is 11.9. The van der Waals surface area contributed by atoms with Gasteiger partial charge in [-0.25, -0.2) is 19.6 Å². The van der Waals surface area contributed by atoms with Crippen molar-refractivity contribution in [2.75, 3.05) is 17.7 Å². The summed E-state index contributed by atoms with van der Waals surface area (Å²) in [5.74, 6) is -1.97. The zero-order chi connectivity index (χ0) is 21.7. The van der Waals surface area contributed by atoms with Crippen molar-refractivity contribution >= 4 is 40.6 Å². The van der Waals surface area contributed by atoms with Gasteiger partial charge in [0.05, 0.1) is 28.8 Å². The Balaban J connectivity index is 1.97. The molecular formula is C19H15N5O6. The fourth-order valence-electron chi connectivity index (χ4n) is 2.58. The largest absolute Gasteiger partial charge is 0.478 e. The molecule has 0 amide bonds. The topological polar surface area (TPSA) is 157 Å². The fraction of sp³-hybridized carbons (Fsp3) is 0.0526. The summed E-state index contributed by atoms with van der Waals surface area (Å²) in [6.07, 6.45) is 1.12. The average Bonchev–Trinajstić information content (AvgIpc) is 2.74. The van der Waals surface area contributed by atoms with Crippen LogP contribution >= 0.6 is 0 Å². The molecular weight excluding hydrogens is 394 g/mol. The molecule has 0 unspecified atom stereocenters. The summed E-state index contributed by atoms with van der Waals surface area (Å²) in [7, 11) is 1.23. The molecule has 3 N–H and O–H groups in total. The zero-order valence-electron chi connectivity index (χ0n) is 15.5. The van der Waals surface area contributed by atoms with Crippen LogP contribution in [-0.2, 0) is 4.74 Å². The van der Waals surface area contributed by atoms with Crippen molar-refractivity contribution in [2.24, 2.45) is 0 Å². The molecule has 2 aromatic carbocycles. The first kappa shape index (κ1) is 20.2. The Morgan fingerprint density at radius 1 is 1.03 bits per heavy atom. The van der Waals surface area contributed by atoms with Gasteiger partial charge in [0, 0.05) is 5.69 Å². The van der Waals surface area contributed by atoms with Gasteiger partial charge in [-0.15, -0.1) is 0 Å². The van der Waals surface area contributed by atoms with E-state index in [1.54, 1.807) is 18.2 Å². The van der Waals surface area contributed by atoms with Gasteiger partial charge in [0.1, 0.15) is 6.33 Å². The normalized spacial score (nSPS) is 10.2. The molecule has 0 aliphatic heterocycles. The summed E-state index contributed by atoms with van der Waals surface area (Å²) in [5.41, 5.74) is 0.441. The SMILES string of the molecule is COC(=O)c1ccccc1Nc1ncnc(Nc2ccc(C(=O)O)cc2)c1[N+](=O)[O-]. The van der Waals surface area contributed by atoms with Crippen molar-refractivity contribution in [2.45, 2.75) is 0 Å². The quantitative estimate of drug-likeness (QED) is 0.300. The Morgan fingerprint density at radius 2 is 1.67 bits per heavy atom. The second kappa shape index (κ2) is 8.65. The number of rotatable bonds is 7. The number of hydrogen-bond donors (Lipinski definition) is 3. The van der Waals surface area contributed by atoms with E-state index in [0.29, 0.717) is 5.69 Å². The second-order valence-corrected chi connectivity index (χ2v) is 5.85. The Morgan fingerprint density at radius 3 is 2.27 bits per heavy atom. The minimum absolute atomic E-state index is 0.0690. The van der Waals surface area contributed by atoms with Crippen molar-refractivity contribution in [3.63, 3.8) is 0 Å². The molecule has 0 aliphatic carbocycles. The number of benzene rings is 2. The van der Waals surface area contributed by atoms with Crippen LogP contribution in [0.2, 0.25) is 0 Å². The van der Waals surface area contributed by atoms with Crippen LogP contribution in [0.15, 0.2) is 54.9 Å². The molecule has 0 radical (unpaired) electrons. The van der Waals surface area contributed by atoms with E-state index in [1.165, 1.54) is 37.4 Å². The van der Waals surface area contributed by atoms with Gasteiger partial charge < -0.3 is 20.5 Å². The van der Waals surface area contributed by atoms with Crippen LogP contribution < -0.4 is 10.6 Å². The van der Waals surface area contributed by atoms with Crippen molar-refractivity contribution in [3.05, 3.63) is 76.1 Å². The van der Waals surface area contributed by atoms with Crippen LogP contribution in [0.25, 0.3) is 0 Å². The average molecular weight is 409 g/mol. The monoisotopic (exact) mass is 409 g/mol. The van der Waals surface area contributed by atoms with Crippen molar-refractivity contribution < 1.29 is 24.4 Å². The predicted octanol–water partition coefficient (Wildman–Crippen LogP) is 3.36. The maximum absolute atomic E-state index is 11.9. The van der Waals surface area contributed by atoms with Crippen LogP contribution in [0.1, 0.15) is 20.7 Å². The van der Waals surface area contributed by atoms with Crippen molar-refractivity contribution in [1.82, 2.24) is 9.97 Å². The lowest BCUT2D eigenvalue weighted by Crippen LogP contribution is -2.09. The highest BCUT2D eigenvalue weighted by Gasteiger charge is 2.24. The lowest BCUT2D eigenvalue weighted by Gasteiger charge is -2.12. The number of para-hydroxylation sites is 1. The van der Waals surface area contributed by atoms with Crippen LogP contribution in [0.4, 0.5) is 28.7 Å². The van der Waals surface area contributed by atoms with E-state index in [-0.39, 0.29) is 28.5 Å². The molecule has 0 spiro atoms. The summed E-state index contributed by atoms with van der Waals surface area (Å²) < 4.78 is 4.72. The predicted molar refractivity (Wildman–Crippen MR) is 106 cm³/mol. The van der Waals surface area contributed by atoms with Crippen LogP contribution in [0, 0.1) is 10.1 Å². The third kappa shape index (κ3) is 4.30. The number of carboxylic acid groups (broad SMARTS) is 1. The first-order valence-electron chi connectivity index (χ1n) is 8.45. The van der Waals surface area contributed by atoms with Gasteiger partial charge >= 0.3 is 17.6 Å². The number of hydrogen-bond acceptors (Lipinski definition) is 9. The molecule has 1 heterocycles. The molecule has 0 bridgehead atoms. The molecule has 0 atom stereocenters. The molecule has 3 rings (SSSR count). The molecule has 0 saturated heterocycles. The second-order valence-electron chi connectivity index (χ2n) is 5.85. The van der Waals surface area contributed by atoms with Crippen molar-refractivity contribution in [3.8, 4) is 0 Å². The first-order valence-corrected chi connectivity index (χ1v) is 8.45. The number of carboxylic acids is 1. The van der Waals surface area contributed by atoms with E-state index in [1.807, 2.05) is 0 Å². The third-order valence-electron chi connectivity index (χ3n) is 3.98. The molecule has 11 heteroatoms. The number of nitrogens with zero attached hydrogens (tertiary/aromatic N) is 3. The van der Waals surface area contributed by atoms with Gasteiger partial charge in [-0.05, 0) is 36.4 Å². The number of methoxy groups -OCH3 is 1. The van der Waals surface area contributed by atoms with Gasteiger partial charge in [0.2, 0.25) is 11.6 Å². The van der Waals surface area contributed by atoms with E-state index < -0.39 is 22.5 Å². The number of carbonyl (C=O) groups excluding carboxylic acids is 1. The van der Waals surface area contributed by atoms with Gasteiger partial charge in [-0.2, -0.15) is 0 Å². The van der Waals surface area contributed by atoms with Crippen LogP contribution in [-0.4, -0.2) is 39.0 Å². The highest BCUT2D eigenvalue weighted by atomic mass is 16.6. The third-order valence-corrected chi connectivity index (χ3v) is 3.98. The molecule has 0 saturated carbocycles. The standard InChI is InChI=1S/C19H15N5O6/c1-30-19(27)13-4-2-3-5-14(13)23-17-15(24(28)29)16(20-10-21-17)22-12-8-6-11(7-9-12)18(25)26/h2-10H,1H3,(H,25,26)(H2,20,21,22,23). The van der Waals surface area contributed by atoms with Gasteiger partial charge in [0.15, 0.2) is 0 Å². The molecule has 1 aromatic heterocycles.